The van der Waals surface area contributed by atoms with Crippen molar-refractivity contribution in [1.82, 2.24) is 26.6 Å². The van der Waals surface area contributed by atoms with Crippen LogP contribution in [-0.4, -0.2) is 154 Å². The third-order valence-corrected chi connectivity index (χ3v) is 12.2. The number of hydrogen-bond acceptors (Lipinski definition) is 13. The molecule has 2 atom stereocenters. The molecule has 21 nitrogen and oxygen atoms in total. The number of aliphatic carboxylic acids is 3. The second-order valence-electron chi connectivity index (χ2n) is 18.2. The van der Waals surface area contributed by atoms with Crippen LogP contribution >= 0.6 is 0 Å². The number of ether oxygens (including phenoxy) is 4. The van der Waals surface area contributed by atoms with Gasteiger partial charge in [-0.1, -0.05) is 89.9 Å². The number of carbonyl (C=O) groups excluding carboxylic acids is 6. The summed E-state index contributed by atoms with van der Waals surface area (Å²) in [7, 11) is 0. The fourth-order valence-corrected chi connectivity index (χ4v) is 8.06. The summed E-state index contributed by atoms with van der Waals surface area (Å²) in [5.74, 6) is -5.47. The molecule has 408 valence electrons. The molecule has 71 heavy (non-hydrogen) atoms. The van der Waals surface area contributed by atoms with Crippen molar-refractivity contribution in [2.45, 2.75) is 179 Å². The van der Waals surface area contributed by atoms with E-state index >= 15 is 0 Å². The summed E-state index contributed by atoms with van der Waals surface area (Å²) in [5.41, 5.74) is 0. The number of rotatable bonds is 48. The monoisotopic (exact) mass is 1010 g/mol. The standard InChI is InChI=1S/C50H87N5O16/c56-29-32-70-34-33-68-30-27-51-45(59)38-71-36-35-69-31-28-52-49(65)41(24-26-47(62)63)54-44(58)25-23-42(50(66)67)55-48(64)40-21-19-39(20-22-40)37-53-43(57)17-15-13-11-9-7-5-3-1-2-4-6-8-10-12-14-16-18-46(60)61/h29,39-42H,1-28,30-38H2,(H,51,59)(H,52,65)(H,53,57)(H,54,58)(H,55,64)(H,60,61)(H,62,63)(H,66,67)/t39-,40-,41-,42-/m0/s1. The van der Waals surface area contributed by atoms with E-state index in [4.69, 9.17) is 24.1 Å². The van der Waals surface area contributed by atoms with Gasteiger partial charge in [0.1, 0.15) is 31.6 Å². The van der Waals surface area contributed by atoms with Gasteiger partial charge in [0.25, 0.3) is 0 Å². The van der Waals surface area contributed by atoms with Crippen LogP contribution in [-0.2, 0) is 62.1 Å². The molecule has 0 saturated heterocycles. The van der Waals surface area contributed by atoms with Crippen LogP contribution in [0.5, 0.6) is 0 Å². The van der Waals surface area contributed by atoms with E-state index in [1.165, 1.54) is 64.2 Å². The Bertz CT molecular complexity index is 1510. The number of aldehydes is 1. The maximum Gasteiger partial charge on any atom is 0.326 e. The molecule has 1 saturated carbocycles. The van der Waals surface area contributed by atoms with E-state index in [1.54, 1.807) is 0 Å². The minimum absolute atomic E-state index is 0.00102. The quantitative estimate of drug-likeness (QED) is 0.0313. The predicted octanol–water partition coefficient (Wildman–Crippen LogP) is 4.21. The highest BCUT2D eigenvalue weighted by Gasteiger charge is 2.30. The maximum absolute atomic E-state index is 13.1. The van der Waals surface area contributed by atoms with E-state index in [0.717, 1.165) is 38.5 Å². The second-order valence-corrected chi connectivity index (χ2v) is 18.2. The lowest BCUT2D eigenvalue weighted by molar-refractivity contribution is -0.143. The first-order valence-electron chi connectivity index (χ1n) is 26.1. The third kappa shape index (κ3) is 38.6. The van der Waals surface area contributed by atoms with E-state index in [1.807, 2.05) is 0 Å². The molecular formula is C50H87N5O16. The Hall–Kier alpha value is -4.73. The lowest BCUT2D eigenvalue weighted by atomic mass is 9.81. The fraction of sp³-hybridized carbons (Fsp3) is 0.820. The van der Waals surface area contributed by atoms with Gasteiger partial charge in [0.05, 0.1) is 39.6 Å². The van der Waals surface area contributed by atoms with E-state index in [0.29, 0.717) is 44.9 Å². The van der Waals surface area contributed by atoms with Crippen LogP contribution in [0.1, 0.15) is 167 Å². The third-order valence-electron chi connectivity index (χ3n) is 12.2. The zero-order valence-corrected chi connectivity index (χ0v) is 42.2. The molecule has 0 aliphatic heterocycles. The van der Waals surface area contributed by atoms with Crippen LogP contribution in [0.25, 0.3) is 0 Å². The largest absolute Gasteiger partial charge is 0.481 e. The maximum atomic E-state index is 13.1. The van der Waals surface area contributed by atoms with Gasteiger partial charge in [0, 0.05) is 51.2 Å². The molecule has 21 heteroatoms. The second kappa shape index (κ2) is 44.0. The molecule has 5 amide bonds. The molecule has 0 bridgehead atoms. The fourth-order valence-electron chi connectivity index (χ4n) is 8.06. The topological polar surface area (TPSA) is 311 Å². The van der Waals surface area contributed by atoms with Gasteiger partial charge in [-0.3, -0.25) is 33.6 Å². The highest BCUT2D eigenvalue weighted by Crippen LogP contribution is 2.29. The van der Waals surface area contributed by atoms with Crippen LogP contribution in [0.2, 0.25) is 0 Å². The Balaban J connectivity index is 2.21. The zero-order valence-electron chi connectivity index (χ0n) is 42.2. The van der Waals surface area contributed by atoms with Crippen LogP contribution in [0, 0.1) is 11.8 Å². The van der Waals surface area contributed by atoms with Gasteiger partial charge in [-0.25, -0.2) is 4.79 Å². The number of carbonyl (C=O) groups is 9. The Kier molecular flexibility index (Phi) is 39.8. The molecule has 1 aliphatic rings. The van der Waals surface area contributed by atoms with Crippen molar-refractivity contribution in [2.24, 2.45) is 11.8 Å². The molecule has 0 unspecified atom stereocenters. The van der Waals surface area contributed by atoms with Gasteiger partial charge in [-0.15, -0.1) is 0 Å². The van der Waals surface area contributed by atoms with Crippen molar-refractivity contribution in [3.8, 4) is 0 Å². The average Bonchev–Trinajstić information content (AvgIpc) is 3.34. The minimum atomic E-state index is -1.36. The Morgan fingerprint density at radius 1 is 0.479 bits per heavy atom. The van der Waals surface area contributed by atoms with Gasteiger partial charge in [0.15, 0.2) is 0 Å². The molecule has 0 aromatic rings. The van der Waals surface area contributed by atoms with Crippen LogP contribution in [0.15, 0.2) is 0 Å². The summed E-state index contributed by atoms with van der Waals surface area (Å²) in [6.45, 7) is 1.70. The molecule has 0 radical (unpaired) electrons. The first-order valence-corrected chi connectivity index (χ1v) is 26.1. The van der Waals surface area contributed by atoms with Crippen LogP contribution in [0.4, 0.5) is 0 Å². The number of nitrogens with one attached hydrogen (secondary N) is 5. The summed E-state index contributed by atoms with van der Waals surface area (Å²) in [4.78, 5) is 107. The molecule has 1 fully saturated rings. The van der Waals surface area contributed by atoms with Crippen molar-refractivity contribution >= 4 is 53.7 Å². The first-order chi connectivity index (χ1) is 34.3. The minimum Gasteiger partial charge on any atom is -0.481 e. The van der Waals surface area contributed by atoms with Crippen molar-refractivity contribution in [3.05, 3.63) is 0 Å². The summed E-state index contributed by atoms with van der Waals surface area (Å²) < 4.78 is 20.8. The Labute approximate surface area is 420 Å². The summed E-state index contributed by atoms with van der Waals surface area (Å²) in [5, 5.41) is 40.9. The lowest BCUT2D eigenvalue weighted by Gasteiger charge is -2.28. The Morgan fingerprint density at radius 2 is 0.972 bits per heavy atom. The summed E-state index contributed by atoms with van der Waals surface area (Å²) >= 11 is 0. The van der Waals surface area contributed by atoms with Gasteiger partial charge >= 0.3 is 17.9 Å². The normalized spacial score (nSPS) is 15.2. The first kappa shape index (κ1) is 64.3. The molecule has 0 aromatic heterocycles. The smallest absolute Gasteiger partial charge is 0.326 e. The molecule has 1 aliphatic carbocycles. The van der Waals surface area contributed by atoms with Gasteiger partial charge < -0.3 is 65.6 Å². The molecule has 1 rings (SSSR count). The zero-order chi connectivity index (χ0) is 52.2. The number of carboxylic acid groups (broad SMARTS) is 3. The SMILES string of the molecule is O=CCOCCOCCNC(=O)COCCOCCNC(=O)[C@H](CCC(=O)O)NC(=O)CC[C@H](NC(=O)[C@H]1CC[C@H](CNC(=O)CCCCCCCCCCCCCCCCCCC(=O)O)CC1)C(=O)O. The van der Waals surface area contributed by atoms with E-state index in [2.05, 4.69) is 26.6 Å². The van der Waals surface area contributed by atoms with Crippen molar-refractivity contribution in [3.63, 3.8) is 0 Å². The molecule has 8 N–H and O–H groups in total. The number of hydrogen-bond donors (Lipinski definition) is 8. The van der Waals surface area contributed by atoms with Crippen molar-refractivity contribution in [1.29, 1.82) is 0 Å². The van der Waals surface area contributed by atoms with Crippen molar-refractivity contribution < 1.29 is 77.4 Å². The van der Waals surface area contributed by atoms with Crippen molar-refractivity contribution in [2.75, 3.05) is 72.5 Å². The highest BCUT2D eigenvalue weighted by atomic mass is 16.5. The number of amides is 5. The average molecular weight is 1010 g/mol. The lowest BCUT2D eigenvalue weighted by Crippen LogP contribution is -2.48. The van der Waals surface area contributed by atoms with Crippen LogP contribution in [0.3, 0.4) is 0 Å². The summed E-state index contributed by atoms with van der Waals surface area (Å²) in [6, 6.07) is -2.57. The highest BCUT2D eigenvalue weighted by molar-refractivity contribution is 5.89. The molecule has 0 aromatic carbocycles. The number of unbranched alkanes of at least 4 members (excludes halogenated alkanes) is 15. The molecular weight excluding hydrogens is 927 g/mol. The predicted molar refractivity (Wildman–Crippen MR) is 262 cm³/mol. The van der Waals surface area contributed by atoms with E-state index in [-0.39, 0.29) is 109 Å². The van der Waals surface area contributed by atoms with Gasteiger partial charge in [-0.05, 0) is 57.3 Å². The summed E-state index contributed by atoms with van der Waals surface area (Å²) in [6.07, 6.45) is 21.1. The van der Waals surface area contributed by atoms with Crippen LogP contribution < -0.4 is 26.6 Å². The van der Waals surface area contributed by atoms with Gasteiger partial charge in [0.2, 0.25) is 29.5 Å². The van der Waals surface area contributed by atoms with E-state index in [9.17, 15) is 53.4 Å². The molecule has 0 spiro atoms. The number of carboxylic acids is 3. The molecule has 0 heterocycles. The van der Waals surface area contributed by atoms with Gasteiger partial charge in [-0.2, -0.15) is 0 Å². The van der Waals surface area contributed by atoms with E-state index < -0.39 is 60.1 Å². The Morgan fingerprint density at radius 3 is 1.51 bits per heavy atom.